The maximum atomic E-state index is 11.6. The minimum absolute atomic E-state index is 0.114. The summed E-state index contributed by atoms with van der Waals surface area (Å²) in [5, 5.41) is 76.0. The molecule has 8 unspecified atom stereocenters. The zero-order valence-corrected chi connectivity index (χ0v) is 24.4. The van der Waals surface area contributed by atoms with E-state index in [1.165, 1.54) is 0 Å². The number of aliphatic hydroxyl groups is 6. The van der Waals surface area contributed by atoms with Gasteiger partial charge in [0.2, 0.25) is 0 Å². The van der Waals surface area contributed by atoms with Crippen molar-refractivity contribution < 1.29 is 49.6 Å². The molecule has 14 atom stereocenters. The summed E-state index contributed by atoms with van der Waals surface area (Å²) in [6.07, 6.45) is -7.75. The van der Waals surface area contributed by atoms with Crippen molar-refractivity contribution in [3.63, 3.8) is 0 Å². The predicted octanol–water partition coefficient (Wildman–Crippen LogP) is -4.63. The van der Waals surface area contributed by atoms with E-state index in [9.17, 15) is 25.5 Å². The number of amidine groups is 1. The van der Waals surface area contributed by atoms with Crippen LogP contribution in [0.15, 0.2) is 0 Å². The molecule has 2 saturated heterocycles. The van der Waals surface area contributed by atoms with Crippen LogP contribution in [0, 0.1) is 11.3 Å². The number of nitrogens with one attached hydrogen (secondary N) is 3. The zero-order valence-electron chi connectivity index (χ0n) is 24.4. The van der Waals surface area contributed by atoms with Crippen LogP contribution in [0.1, 0.15) is 39.5 Å². The van der Waals surface area contributed by atoms with Crippen molar-refractivity contribution in [3.8, 4) is 0 Å². The molecule has 1 saturated carbocycles. The van der Waals surface area contributed by atoms with Crippen molar-refractivity contribution in [2.75, 3.05) is 32.8 Å². The molecule has 3 rings (SSSR count). The van der Waals surface area contributed by atoms with Gasteiger partial charge in [0.15, 0.2) is 12.6 Å². The van der Waals surface area contributed by atoms with Crippen molar-refractivity contribution in [1.29, 1.82) is 5.41 Å². The van der Waals surface area contributed by atoms with E-state index in [0.29, 0.717) is 19.4 Å². The van der Waals surface area contributed by atoms with Crippen LogP contribution in [-0.4, -0.2) is 148 Å². The van der Waals surface area contributed by atoms with Gasteiger partial charge in [0.05, 0.1) is 43.1 Å². The van der Waals surface area contributed by atoms with Gasteiger partial charge in [-0.3, -0.25) is 5.41 Å². The van der Waals surface area contributed by atoms with E-state index < -0.39 is 78.8 Å². The molecule has 0 aromatic rings. The highest BCUT2D eigenvalue weighted by Crippen LogP contribution is 2.34. The minimum Gasteiger partial charge on any atom is -0.394 e. The Kier molecular flexibility index (Phi) is 13.3. The quantitative estimate of drug-likeness (QED) is 0.0692. The van der Waals surface area contributed by atoms with E-state index in [1.54, 1.807) is 13.8 Å². The summed E-state index contributed by atoms with van der Waals surface area (Å²) < 4.78 is 24.0. The SMILES string of the molecule is C[C@@H]1C(O)[C@@H](OC2C(O)C(O[C@H]3O[C@H](CNCC(O)CO)CCC3N)[C@@H](N)C[C@H]2NC(=N)C(O)CCN)OCC1(C)O. The maximum Gasteiger partial charge on any atom is 0.184 e. The molecule has 16 heteroatoms. The van der Waals surface area contributed by atoms with Gasteiger partial charge in [-0.05, 0) is 39.2 Å². The van der Waals surface area contributed by atoms with Gasteiger partial charge < -0.3 is 77.4 Å². The Morgan fingerprint density at radius 2 is 1.79 bits per heavy atom. The number of hydrogen-bond donors (Lipinski definition) is 12. The first-order chi connectivity index (χ1) is 19.8. The molecule has 2 aliphatic heterocycles. The summed E-state index contributed by atoms with van der Waals surface area (Å²) in [5.41, 5.74) is 17.0. The fourth-order valence-electron chi connectivity index (χ4n) is 5.48. The van der Waals surface area contributed by atoms with Crippen molar-refractivity contribution >= 4 is 5.84 Å². The average molecular weight is 609 g/mol. The lowest BCUT2D eigenvalue weighted by Crippen LogP contribution is -2.68. The molecule has 16 nitrogen and oxygen atoms in total. The molecule has 0 aromatic heterocycles. The molecule has 0 aromatic carbocycles. The smallest absolute Gasteiger partial charge is 0.184 e. The lowest BCUT2D eigenvalue weighted by molar-refractivity contribution is -0.313. The third kappa shape index (κ3) is 8.98. The van der Waals surface area contributed by atoms with Crippen molar-refractivity contribution in [3.05, 3.63) is 0 Å². The Hall–Kier alpha value is -1.09. The highest BCUT2D eigenvalue weighted by molar-refractivity contribution is 5.83. The Labute approximate surface area is 246 Å². The Bertz CT molecular complexity index is 845. The van der Waals surface area contributed by atoms with Gasteiger partial charge in [0, 0.05) is 25.0 Å². The fourth-order valence-corrected chi connectivity index (χ4v) is 5.48. The molecule has 3 fully saturated rings. The summed E-state index contributed by atoms with van der Waals surface area (Å²) in [6.45, 7) is 3.46. The predicted molar refractivity (Wildman–Crippen MR) is 150 cm³/mol. The lowest BCUT2D eigenvalue weighted by Gasteiger charge is -2.49. The van der Waals surface area contributed by atoms with E-state index in [2.05, 4.69) is 10.6 Å². The van der Waals surface area contributed by atoms with Gasteiger partial charge >= 0.3 is 0 Å². The van der Waals surface area contributed by atoms with Gasteiger partial charge in [0.1, 0.15) is 36.4 Å². The van der Waals surface area contributed by atoms with E-state index in [1.807, 2.05) is 0 Å². The van der Waals surface area contributed by atoms with Gasteiger partial charge in [0.25, 0.3) is 0 Å². The van der Waals surface area contributed by atoms with Crippen molar-refractivity contribution in [2.45, 2.75) is 119 Å². The molecule has 0 radical (unpaired) electrons. The summed E-state index contributed by atoms with van der Waals surface area (Å²) in [5.74, 6) is -0.835. The molecule has 15 N–H and O–H groups in total. The van der Waals surface area contributed by atoms with Crippen LogP contribution >= 0.6 is 0 Å². The number of rotatable bonds is 13. The molecular formula is C26H52N6O10. The third-order valence-electron chi connectivity index (χ3n) is 8.49. The second-order valence-corrected chi connectivity index (χ2v) is 12.0. The third-order valence-corrected chi connectivity index (χ3v) is 8.49. The molecule has 2 heterocycles. The summed E-state index contributed by atoms with van der Waals surface area (Å²) in [7, 11) is 0. The van der Waals surface area contributed by atoms with Crippen LogP contribution in [0.4, 0.5) is 0 Å². The molecule has 1 aliphatic carbocycles. The first-order valence-electron chi connectivity index (χ1n) is 14.7. The van der Waals surface area contributed by atoms with E-state index in [-0.39, 0.29) is 51.1 Å². The zero-order chi connectivity index (χ0) is 31.2. The van der Waals surface area contributed by atoms with Gasteiger partial charge in [-0.2, -0.15) is 0 Å². The van der Waals surface area contributed by atoms with E-state index in [4.69, 9.17) is 46.7 Å². The largest absolute Gasteiger partial charge is 0.394 e. The second-order valence-electron chi connectivity index (χ2n) is 12.0. The van der Waals surface area contributed by atoms with Crippen LogP contribution in [0.3, 0.4) is 0 Å². The molecule has 0 amide bonds. The van der Waals surface area contributed by atoms with Gasteiger partial charge in [-0.15, -0.1) is 0 Å². The molecular weight excluding hydrogens is 556 g/mol. The van der Waals surface area contributed by atoms with Crippen LogP contribution in [0.5, 0.6) is 0 Å². The monoisotopic (exact) mass is 608 g/mol. The van der Waals surface area contributed by atoms with Crippen LogP contribution in [0.25, 0.3) is 0 Å². The Balaban J connectivity index is 1.74. The van der Waals surface area contributed by atoms with Crippen LogP contribution in [-0.2, 0) is 18.9 Å². The van der Waals surface area contributed by atoms with Crippen molar-refractivity contribution in [2.24, 2.45) is 23.1 Å². The molecule has 246 valence electrons. The van der Waals surface area contributed by atoms with Gasteiger partial charge in [-0.25, -0.2) is 0 Å². The molecule has 0 bridgehead atoms. The highest BCUT2D eigenvalue weighted by Gasteiger charge is 2.51. The summed E-state index contributed by atoms with van der Waals surface area (Å²) in [4.78, 5) is 0. The second kappa shape index (κ2) is 15.8. The molecule has 3 aliphatic rings. The maximum absolute atomic E-state index is 11.6. The highest BCUT2D eigenvalue weighted by atomic mass is 16.7. The minimum atomic E-state index is -1.40. The fraction of sp³-hybridized carbons (Fsp3) is 0.962. The number of hydrogen-bond acceptors (Lipinski definition) is 15. The van der Waals surface area contributed by atoms with E-state index >= 15 is 0 Å². The normalized spacial score (nSPS) is 42.6. The first-order valence-corrected chi connectivity index (χ1v) is 14.7. The summed E-state index contributed by atoms with van der Waals surface area (Å²) in [6, 6.07) is -2.05. The van der Waals surface area contributed by atoms with Crippen LogP contribution in [0.2, 0.25) is 0 Å². The topological polar surface area (TPSA) is 284 Å². The Morgan fingerprint density at radius 1 is 1.10 bits per heavy atom. The van der Waals surface area contributed by atoms with E-state index in [0.717, 1.165) is 0 Å². The molecule has 0 spiro atoms. The first kappa shape index (κ1) is 35.4. The number of ether oxygens (including phenoxy) is 4. The standard InChI is InChI=1S/C26H52N6O10/c1-12-19(36)25(39-11-26(12,2)38)42-22-17(32-23(30)18(35)5-6-27)7-16(29)21(20(22)37)41-24-15(28)4-3-14(40-24)9-31-8-13(34)10-33/h12-22,24-25,31,33-38H,3-11,27-29H2,1-2H3,(H2,30,32)/t12-,13?,14+,15?,16+,17-,18?,19?,20?,21?,22?,24-,25-,26?/m1/s1. The lowest BCUT2D eigenvalue weighted by atomic mass is 9.82. The average Bonchev–Trinajstić information content (AvgIpc) is 2.94. The molecule has 42 heavy (non-hydrogen) atoms. The van der Waals surface area contributed by atoms with Gasteiger partial charge in [-0.1, -0.05) is 6.92 Å². The van der Waals surface area contributed by atoms with Crippen LogP contribution < -0.4 is 27.8 Å². The van der Waals surface area contributed by atoms with Crippen molar-refractivity contribution in [1.82, 2.24) is 10.6 Å². The number of nitrogens with two attached hydrogens (primary N) is 3. The summed E-state index contributed by atoms with van der Waals surface area (Å²) >= 11 is 0. The Morgan fingerprint density at radius 3 is 2.45 bits per heavy atom. The number of aliphatic hydroxyl groups excluding tert-OH is 5.